The van der Waals surface area contributed by atoms with Gasteiger partial charge in [-0.2, -0.15) is 11.3 Å². The van der Waals surface area contributed by atoms with Crippen molar-refractivity contribution in [1.82, 2.24) is 10.3 Å². The van der Waals surface area contributed by atoms with Gasteiger partial charge >= 0.3 is 0 Å². The highest BCUT2D eigenvalue weighted by molar-refractivity contribution is 7.09. The maximum Gasteiger partial charge on any atom is 0.148 e. The summed E-state index contributed by atoms with van der Waals surface area (Å²) in [4.78, 5) is 4.48. The highest BCUT2D eigenvalue weighted by atomic mass is 32.1. The van der Waals surface area contributed by atoms with Crippen molar-refractivity contribution >= 4 is 22.7 Å². The Balaban J connectivity index is 1.66. The average Bonchev–Trinajstić information content (AvgIpc) is 3.30. The number of aromatic nitrogens is 1. The molecule has 2 aromatic heterocycles. The minimum Gasteiger partial charge on any atom is -0.481 e. The van der Waals surface area contributed by atoms with E-state index in [-0.39, 0.29) is 12.6 Å². The molecule has 0 saturated carbocycles. The van der Waals surface area contributed by atoms with Crippen molar-refractivity contribution in [3.63, 3.8) is 0 Å². The molecular formula is C19H18N2OS2. The van der Waals surface area contributed by atoms with E-state index >= 15 is 0 Å². The Bertz CT molecular complexity index is 776. The molecule has 24 heavy (non-hydrogen) atoms. The summed E-state index contributed by atoms with van der Waals surface area (Å²) in [5, 5.41) is 11.1. The second-order valence-corrected chi connectivity index (χ2v) is 6.99. The van der Waals surface area contributed by atoms with E-state index in [4.69, 9.17) is 11.2 Å². The zero-order chi connectivity index (χ0) is 16.6. The average molecular weight is 354 g/mol. The predicted molar refractivity (Wildman–Crippen MR) is 100 cm³/mol. The summed E-state index contributed by atoms with van der Waals surface area (Å²) in [5.41, 5.74) is 2.50. The lowest BCUT2D eigenvalue weighted by atomic mass is 10.1. The van der Waals surface area contributed by atoms with Crippen LogP contribution >= 0.6 is 22.7 Å². The first-order valence-corrected chi connectivity index (χ1v) is 9.46. The van der Waals surface area contributed by atoms with Gasteiger partial charge in [0.1, 0.15) is 17.4 Å². The van der Waals surface area contributed by atoms with Gasteiger partial charge in [0.2, 0.25) is 0 Å². The normalized spacial score (nSPS) is 11.8. The van der Waals surface area contributed by atoms with Crippen molar-refractivity contribution in [1.29, 1.82) is 0 Å². The minimum absolute atomic E-state index is 0.204. The van der Waals surface area contributed by atoms with E-state index in [0.717, 1.165) is 29.3 Å². The fourth-order valence-electron chi connectivity index (χ4n) is 2.41. The molecule has 122 valence electrons. The molecule has 0 radical (unpaired) electrons. The quantitative estimate of drug-likeness (QED) is 0.613. The molecule has 2 heterocycles. The lowest BCUT2D eigenvalue weighted by Gasteiger charge is -2.16. The first-order chi connectivity index (χ1) is 11.8. The number of nitrogens with zero attached hydrogens (tertiary/aromatic N) is 1. The van der Waals surface area contributed by atoms with Gasteiger partial charge in [0.05, 0.1) is 6.04 Å². The molecule has 3 rings (SSSR count). The van der Waals surface area contributed by atoms with Crippen molar-refractivity contribution < 1.29 is 4.74 Å². The Morgan fingerprint density at radius 3 is 2.96 bits per heavy atom. The van der Waals surface area contributed by atoms with Crippen LogP contribution in [0.4, 0.5) is 0 Å². The second kappa shape index (κ2) is 8.65. The number of terminal acetylenes is 1. The van der Waals surface area contributed by atoms with Crippen LogP contribution in [0, 0.1) is 12.3 Å². The Kier molecular flexibility index (Phi) is 6.02. The molecule has 1 N–H and O–H groups in total. The van der Waals surface area contributed by atoms with Crippen molar-refractivity contribution in [3.8, 4) is 18.1 Å². The van der Waals surface area contributed by atoms with E-state index in [2.05, 4.69) is 39.1 Å². The Labute approximate surface area is 150 Å². The monoisotopic (exact) mass is 354 g/mol. The topological polar surface area (TPSA) is 34.1 Å². The summed E-state index contributed by atoms with van der Waals surface area (Å²) >= 11 is 3.41. The Morgan fingerprint density at radius 2 is 2.21 bits per heavy atom. The van der Waals surface area contributed by atoms with Crippen LogP contribution < -0.4 is 10.1 Å². The van der Waals surface area contributed by atoms with Gasteiger partial charge in [-0.15, -0.1) is 17.8 Å². The van der Waals surface area contributed by atoms with E-state index in [1.165, 1.54) is 5.56 Å². The number of thiophene rings is 1. The van der Waals surface area contributed by atoms with E-state index in [9.17, 15) is 0 Å². The van der Waals surface area contributed by atoms with Crippen molar-refractivity contribution in [2.24, 2.45) is 0 Å². The lowest BCUT2D eigenvalue weighted by Crippen LogP contribution is -2.22. The number of thiazole rings is 1. The number of benzene rings is 1. The first kappa shape index (κ1) is 16.7. The number of nitrogens with one attached hydrogen (secondary N) is 1. The minimum atomic E-state index is 0.204. The van der Waals surface area contributed by atoms with Crippen LogP contribution in [0.2, 0.25) is 0 Å². The maximum absolute atomic E-state index is 5.49. The number of hydrogen-bond acceptors (Lipinski definition) is 5. The zero-order valence-electron chi connectivity index (χ0n) is 13.1. The Hall–Kier alpha value is -2.13. The largest absolute Gasteiger partial charge is 0.481 e. The van der Waals surface area contributed by atoms with E-state index < -0.39 is 0 Å². The molecule has 1 atom stereocenters. The lowest BCUT2D eigenvalue weighted by molar-refractivity contribution is 0.369. The molecule has 0 saturated heterocycles. The van der Waals surface area contributed by atoms with Gasteiger partial charge in [-0.05, 0) is 46.5 Å². The SMILES string of the molecule is C#CCOc1cccc(CN[C@@H](Cc2ccsc2)c2nccs2)c1. The van der Waals surface area contributed by atoms with Crippen LogP contribution in [0.3, 0.4) is 0 Å². The molecular weight excluding hydrogens is 336 g/mol. The van der Waals surface area contributed by atoms with Crippen LogP contribution in [0.1, 0.15) is 22.2 Å². The van der Waals surface area contributed by atoms with Gasteiger partial charge in [0.15, 0.2) is 0 Å². The summed E-state index contributed by atoms with van der Waals surface area (Å²) in [6.07, 6.45) is 8.03. The molecule has 0 aliphatic carbocycles. The maximum atomic E-state index is 5.49. The van der Waals surface area contributed by atoms with Gasteiger partial charge < -0.3 is 10.1 Å². The van der Waals surface area contributed by atoms with Crippen LogP contribution in [-0.4, -0.2) is 11.6 Å². The summed E-state index contributed by atoms with van der Waals surface area (Å²) in [6.45, 7) is 1.04. The molecule has 0 spiro atoms. The third kappa shape index (κ3) is 4.68. The first-order valence-electron chi connectivity index (χ1n) is 7.64. The molecule has 0 unspecified atom stereocenters. The zero-order valence-corrected chi connectivity index (χ0v) is 14.8. The molecule has 3 aromatic rings. The molecule has 0 amide bonds. The van der Waals surface area contributed by atoms with Gasteiger partial charge in [0, 0.05) is 18.1 Å². The standard InChI is InChI=1S/C19H18N2OS2/c1-2-8-22-17-5-3-4-15(11-17)13-21-18(19-20-7-10-24-19)12-16-6-9-23-14-16/h1,3-7,9-11,14,18,21H,8,12-13H2/t18-/m0/s1. The van der Waals surface area contributed by atoms with Gasteiger partial charge in [-0.3, -0.25) is 0 Å². The molecule has 5 heteroatoms. The van der Waals surface area contributed by atoms with Gasteiger partial charge in [-0.25, -0.2) is 4.98 Å². The van der Waals surface area contributed by atoms with Crippen LogP contribution in [0.15, 0.2) is 52.7 Å². The fourth-order valence-corrected chi connectivity index (χ4v) is 3.80. The van der Waals surface area contributed by atoms with Crippen LogP contribution in [0.25, 0.3) is 0 Å². The van der Waals surface area contributed by atoms with Crippen LogP contribution in [0.5, 0.6) is 5.75 Å². The second-order valence-electron chi connectivity index (χ2n) is 5.28. The third-order valence-corrected chi connectivity index (χ3v) is 5.16. The Morgan fingerprint density at radius 1 is 1.25 bits per heavy atom. The van der Waals surface area contributed by atoms with Crippen LogP contribution in [-0.2, 0) is 13.0 Å². The number of hydrogen-bond donors (Lipinski definition) is 1. The van der Waals surface area contributed by atoms with Crippen molar-refractivity contribution in [2.75, 3.05) is 6.61 Å². The molecule has 3 nitrogen and oxygen atoms in total. The van der Waals surface area contributed by atoms with Crippen molar-refractivity contribution in [3.05, 3.63) is 68.8 Å². The van der Waals surface area contributed by atoms with E-state index in [0.29, 0.717) is 0 Å². The third-order valence-electron chi connectivity index (χ3n) is 3.54. The summed E-state index contributed by atoms with van der Waals surface area (Å²) < 4.78 is 5.49. The highest BCUT2D eigenvalue weighted by Crippen LogP contribution is 2.23. The molecule has 0 aliphatic rings. The summed E-state index contributed by atoms with van der Waals surface area (Å²) in [5.74, 6) is 3.29. The fraction of sp³-hybridized carbons (Fsp3) is 0.211. The smallest absolute Gasteiger partial charge is 0.148 e. The van der Waals surface area contributed by atoms with Gasteiger partial charge in [0.25, 0.3) is 0 Å². The van der Waals surface area contributed by atoms with E-state index in [1.807, 2.05) is 29.8 Å². The summed E-state index contributed by atoms with van der Waals surface area (Å²) in [7, 11) is 0. The van der Waals surface area contributed by atoms with Crippen molar-refractivity contribution in [2.45, 2.75) is 19.0 Å². The van der Waals surface area contributed by atoms with Gasteiger partial charge in [-0.1, -0.05) is 18.1 Å². The summed E-state index contributed by atoms with van der Waals surface area (Å²) in [6, 6.07) is 10.4. The number of ether oxygens (including phenoxy) is 1. The molecule has 1 aromatic carbocycles. The highest BCUT2D eigenvalue weighted by Gasteiger charge is 2.15. The number of rotatable bonds is 8. The predicted octanol–water partition coefficient (Wildman–Crippen LogP) is 4.29. The molecule has 0 fully saturated rings. The molecule has 0 bridgehead atoms. The molecule has 0 aliphatic heterocycles. The van der Waals surface area contributed by atoms with E-state index in [1.54, 1.807) is 22.7 Å².